The first-order valence-electron chi connectivity index (χ1n) is 5.32. The average molecular weight is 303 g/mol. The van der Waals surface area contributed by atoms with E-state index in [9.17, 15) is 8.42 Å². The van der Waals surface area contributed by atoms with Gasteiger partial charge in [0.05, 0.1) is 4.90 Å². The molecule has 0 amide bonds. The van der Waals surface area contributed by atoms with Crippen molar-refractivity contribution in [1.82, 2.24) is 10.3 Å². The summed E-state index contributed by atoms with van der Waals surface area (Å²) in [4.78, 5) is 5.19. The highest BCUT2D eigenvalue weighted by molar-refractivity contribution is 7.93. The zero-order valence-corrected chi connectivity index (χ0v) is 12.2. The van der Waals surface area contributed by atoms with Crippen LogP contribution < -0.4 is 10.0 Å². The summed E-state index contributed by atoms with van der Waals surface area (Å²) in [6.45, 7) is 3.56. The number of thiophene rings is 1. The van der Waals surface area contributed by atoms with E-state index in [1.807, 2.05) is 6.92 Å². The van der Waals surface area contributed by atoms with Gasteiger partial charge in [-0.15, -0.1) is 22.7 Å². The van der Waals surface area contributed by atoms with Gasteiger partial charge in [-0.2, -0.15) is 0 Å². The second-order valence-electron chi connectivity index (χ2n) is 3.47. The Labute approximate surface area is 114 Å². The third kappa shape index (κ3) is 3.29. The number of sulfonamides is 1. The van der Waals surface area contributed by atoms with Crippen LogP contribution in [0, 0.1) is 0 Å². The van der Waals surface area contributed by atoms with Gasteiger partial charge >= 0.3 is 0 Å². The lowest BCUT2D eigenvalue weighted by Crippen LogP contribution is -2.12. The number of anilines is 1. The van der Waals surface area contributed by atoms with Crippen LogP contribution in [0.1, 0.15) is 11.8 Å². The van der Waals surface area contributed by atoms with Gasteiger partial charge in [-0.05, 0) is 12.6 Å². The molecule has 8 heteroatoms. The second-order valence-corrected chi connectivity index (χ2v) is 7.04. The summed E-state index contributed by atoms with van der Waals surface area (Å²) in [5.41, 5.74) is 0. The van der Waals surface area contributed by atoms with E-state index in [2.05, 4.69) is 15.0 Å². The molecule has 2 aromatic rings. The van der Waals surface area contributed by atoms with Gasteiger partial charge in [-0.1, -0.05) is 6.92 Å². The molecule has 0 bridgehead atoms. The molecule has 18 heavy (non-hydrogen) atoms. The number of hydrogen-bond donors (Lipinski definition) is 2. The third-order valence-electron chi connectivity index (χ3n) is 2.14. The SMILES string of the molecule is CCNCc1cc(S(=O)(=O)Nc2nccs2)cs1. The van der Waals surface area contributed by atoms with E-state index in [4.69, 9.17) is 0 Å². The molecule has 0 spiro atoms. The number of nitrogens with one attached hydrogen (secondary N) is 2. The Bertz CT molecular complexity index is 590. The van der Waals surface area contributed by atoms with E-state index < -0.39 is 10.0 Å². The fourth-order valence-electron chi connectivity index (χ4n) is 1.29. The van der Waals surface area contributed by atoms with E-state index >= 15 is 0 Å². The molecule has 98 valence electrons. The van der Waals surface area contributed by atoms with E-state index in [0.29, 0.717) is 11.7 Å². The van der Waals surface area contributed by atoms with E-state index in [-0.39, 0.29) is 4.90 Å². The number of hydrogen-bond acceptors (Lipinski definition) is 6. The zero-order valence-electron chi connectivity index (χ0n) is 9.71. The Morgan fingerprint density at radius 1 is 1.39 bits per heavy atom. The van der Waals surface area contributed by atoms with E-state index in [0.717, 1.165) is 11.4 Å². The fourth-order valence-corrected chi connectivity index (χ4v) is 4.32. The lowest BCUT2D eigenvalue weighted by molar-refractivity contribution is 0.601. The van der Waals surface area contributed by atoms with Crippen LogP contribution in [0.2, 0.25) is 0 Å². The Hall–Kier alpha value is -0.960. The third-order valence-corrected chi connectivity index (χ3v) is 5.37. The van der Waals surface area contributed by atoms with Gasteiger partial charge in [0.25, 0.3) is 10.0 Å². The molecule has 0 aliphatic carbocycles. The van der Waals surface area contributed by atoms with Crippen molar-refractivity contribution >= 4 is 37.8 Å². The molecule has 0 atom stereocenters. The Balaban J connectivity index is 2.12. The molecule has 0 unspecified atom stereocenters. The topological polar surface area (TPSA) is 71.1 Å². The van der Waals surface area contributed by atoms with Gasteiger partial charge in [-0.25, -0.2) is 13.4 Å². The number of nitrogens with zero attached hydrogens (tertiary/aromatic N) is 1. The van der Waals surface area contributed by atoms with Gasteiger partial charge in [0, 0.05) is 28.4 Å². The van der Waals surface area contributed by atoms with Crippen molar-refractivity contribution in [1.29, 1.82) is 0 Å². The second kappa shape index (κ2) is 5.79. The molecule has 0 aliphatic heterocycles. The minimum Gasteiger partial charge on any atom is -0.312 e. The molecule has 2 aromatic heterocycles. The van der Waals surface area contributed by atoms with Gasteiger partial charge in [0.15, 0.2) is 5.13 Å². The summed E-state index contributed by atoms with van der Waals surface area (Å²) in [6.07, 6.45) is 1.56. The molecule has 0 aliphatic rings. The summed E-state index contributed by atoms with van der Waals surface area (Å²) < 4.78 is 26.5. The number of rotatable bonds is 6. The molecule has 2 N–H and O–H groups in total. The van der Waals surface area contributed by atoms with Crippen molar-refractivity contribution in [2.24, 2.45) is 0 Å². The summed E-state index contributed by atoms with van der Waals surface area (Å²) in [5, 5.41) is 6.91. The first-order chi connectivity index (χ1) is 8.62. The van der Waals surface area contributed by atoms with Gasteiger partial charge in [-0.3, -0.25) is 4.72 Å². The first kappa shape index (κ1) is 13.5. The molecule has 0 saturated heterocycles. The summed E-state index contributed by atoms with van der Waals surface area (Å²) in [6, 6.07) is 1.68. The first-order valence-corrected chi connectivity index (χ1v) is 8.56. The predicted molar refractivity (Wildman–Crippen MR) is 74.6 cm³/mol. The molecule has 2 heterocycles. The summed E-state index contributed by atoms with van der Waals surface area (Å²) in [5.74, 6) is 0. The van der Waals surface area contributed by atoms with Crippen LogP contribution in [0.5, 0.6) is 0 Å². The monoisotopic (exact) mass is 303 g/mol. The average Bonchev–Trinajstić information content (AvgIpc) is 2.96. The Morgan fingerprint density at radius 3 is 2.89 bits per heavy atom. The maximum Gasteiger partial charge on any atom is 0.264 e. The van der Waals surface area contributed by atoms with Crippen LogP contribution >= 0.6 is 22.7 Å². The molecule has 0 saturated carbocycles. The van der Waals surface area contributed by atoms with Crippen LogP contribution in [-0.2, 0) is 16.6 Å². The highest BCUT2D eigenvalue weighted by atomic mass is 32.2. The summed E-state index contributed by atoms with van der Waals surface area (Å²) >= 11 is 2.69. The molecule has 2 rings (SSSR count). The highest BCUT2D eigenvalue weighted by Gasteiger charge is 2.17. The van der Waals surface area contributed by atoms with Crippen LogP contribution in [0.4, 0.5) is 5.13 Å². The van der Waals surface area contributed by atoms with Crippen LogP contribution in [0.15, 0.2) is 27.9 Å². The van der Waals surface area contributed by atoms with Crippen LogP contribution in [0.25, 0.3) is 0 Å². The Kier molecular flexibility index (Phi) is 4.33. The summed E-state index contributed by atoms with van der Waals surface area (Å²) in [7, 11) is -3.51. The minimum atomic E-state index is -3.51. The molecule has 0 radical (unpaired) electrons. The quantitative estimate of drug-likeness (QED) is 0.857. The number of aromatic nitrogens is 1. The van der Waals surface area contributed by atoms with Gasteiger partial charge < -0.3 is 5.32 Å². The van der Waals surface area contributed by atoms with E-state index in [1.165, 1.54) is 22.7 Å². The van der Waals surface area contributed by atoms with Crippen LogP contribution in [0.3, 0.4) is 0 Å². The predicted octanol–water partition coefficient (Wildman–Crippen LogP) is 2.11. The molecular formula is C10H13N3O2S3. The lowest BCUT2D eigenvalue weighted by Gasteiger charge is -2.01. The highest BCUT2D eigenvalue weighted by Crippen LogP contribution is 2.22. The largest absolute Gasteiger partial charge is 0.312 e. The lowest BCUT2D eigenvalue weighted by atomic mass is 10.4. The van der Waals surface area contributed by atoms with Crippen molar-refractivity contribution < 1.29 is 8.42 Å². The molecule has 0 fully saturated rings. The standard InChI is InChI=1S/C10H13N3O2S3/c1-2-11-6-8-5-9(7-17-8)18(14,15)13-10-12-3-4-16-10/h3-5,7,11H,2,6H2,1H3,(H,12,13). The molecular weight excluding hydrogens is 290 g/mol. The van der Waals surface area contributed by atoms with Crippen molar-refractivity contribution in [3.05, 3.63) is 27.9 Å². The van der Waals surface area contributed by atoms with Gasteiger partial charge in [0.1, 0.15) is 0 Å². The fraction of sp³-hybridized carbons (Fsp3) is 0.300. The van der Waals surface area contributed by atoms with E-state index in [1.54, 1.807) is 23.0 Å². The zero-order chi connectivity index (χ0) is 13.0. The van der Waals surface area contributed by atoms with Crippen LogP contribution in [-0.4, -0.2) is 19.9 Å². The van der Waals surface area contributed by atoms with Crippen molar-refractivity contribution in [2.75, 3.05) is 11.3 Å². The van der Waals surface area contributed by atoms with Crippen molar-refractivity contribution in [2.45, 2.75) is 18.4 Å². The number of thiazole rings is 1. The maximum atomic E-state index is 12.0. The van der Waals surface area contributed by atoms with Gasteiger partial charge in [0.2, 0.25) is 0 Å². The minimum absolute atomic E-state index is 0.288. The van der Waals surface area contributed by atoms with Crippen molar-refractivity contribution in [3.63, 3.8) is 0 Å². The smallest absolute Gasteiger partial charge is 0.264 e. The normalized spacial score (nSPS) is 11.6. The molecule has 5 nitrogen and oxygen atoms in total. The Morgan fingerprint density at radius 2 is 2.22 bits per heavy atom. The van der Waals surface area contributed by atoms with Crippen molar-refractivity contribution in [3.8, 4) is 0 Å². The molecule has 0 aromatic carbocycles. The maximum absolute atomic E-state index is 12.0.